The molecule has 0 aliphatic carbocycles. The van der Waals surface area contributed by atoms with Gasteiger partial charge in [-0.1, -0.05) is 43.7 Å². The van der Waals surface area contributed by atoms with Gasteiger partial charge in [0.15, 0.2) is 11.7 Å². The van der Waals surface area contributed by atoms with Crippen LogP contribution in [0.3, 0.4) is 0 Å². The average Bonchev–Trinajstić information content (AvgIpc) is 2.80. The number of fused-ring (bicyclic) bond motifs is 1. The molecule has 5 N–H and O–H groups in total. The number of amidine groups is 2. The Hall–Kier alpha value is -2.64. The van der Waals surface area contributed by atoms with Crippen molar-refractivity contribution < 1.29 is 4.74 Å². The third-order valence-corrected chi connectivity index (χ3v) is 6.47. The van der Waals surface area contributed by atoms with E-state index in [-0.39, 0.29) is 17.8 Å². The lowest BCUT2D eigenvalue weighted by Crippen LogP contribution is -2.43. The fourth-order valence-corrected chi connectivity index (χ4v) is 4.41. The second kappa shape index (κ2) is 11.3. The lowest BCUT2D eigenvalue weighted by molar-refractivity contribution is -0.0314. The van der Waals surface area contributed by atoms with E-state index >= 15 is 0 Å². The molecule has 1 heterocycles. The Morgan fingerprint density at radius 1 is 1.16 bits per heavy atom. The Labute approximate surface area is 191 Å². The summed E-state index contributed by atoms with van der Waals surface area (Å²) in [6, 6.07) is 12.8. The maximum Gasteiger partial charge on any atom is 0.160 e. The molecule has 0 amide bonds. The Morgan fingerprint density at radius 3 is 2.50 bits per heavy atom. The summed E-state index contributed by atoms with van der Waals surface area (Å²) in [6.07, 6.45) is 4.30. The summed E-state index contributed by atoms with van der Waals surface area (Å²) in [6.45, 7) is 5.44. The van der Waals surface area contributed by atoms with Crippen LogP contribution in [-0.4, -0.2) is 63.1 Å². The Kier molecular flexibility index (Phi) is 8.47. The molecule has 2 aromatic rings. The quantitative estimate of drug-likeness (QED) is 0.355. The third-order valence-electron chi connectivity index (χ3n) is 6.47. The van der Waals surface area contributed by atoms with E-state index in [0.29, 0.717) is 13.3 Å². The normalized spacial score (nSPS) is 16.1. The zero-order chi connectivity index (χ0) is 23.1. The number of anilines is 1. The predicted molar refractivity (Wildman–Crippen MR) is 134 cm³/mol. The van der Waals surface area contributed by atoms with Crippen LogP contribution in [0.5, 0.6) is 0 Å². The molecule has 1 saturated heterocycles. The van der Waals surface area contributed by atoms with Crippen LogP contribution < -0.4 is 16.0 Å². The van der Waals surface area contributed by atoms with Crippen LogP contribution in [0, 0.1) is 16.7 Å². The van der Waals surface area contributed by atoms with Gasteiger partial charge in [-0.05, 0) is 35.8 Å². The van der Waals surface area contributed by atoms with Gasteiger partial charge in [0.1, 0.15) is 0 Å². The Balaban J connectivity index is 1.74. The minimum atomic E-state index is -0.258. The molecule has 0 spiro atoms. The maximum absolute atomic E-state index is 7.86. The number of nitrogens with one attached hydrogen (secondary N) is 3. The van der Waals surface area contributed by atoms with Gasteiger partial charge in [-0.2, -0.15) is 0 Å². The molecular weight excluding hydrogens is 400 g/mol. The molecule has 3 rings (SSSR count). The summed E-state index contributed by atoms with van der Waals surface area (Å²) < 4.78 is 6.36. The van der Waals surface area contributed by atoms with E-state index in [0.717, 1.165) is 25.4 Å². The number of benzene rings is 2. The van der Waals surface area contributed by atoms with E-state index in [1.54, 1.807) is 0 Å². The number of nitrogens with zero attached hydrogens (tertiary/aromatic N) is 2. The smallest absolute Gasteiger partial charge is 0.160 e. The molecule has 1 fully saturated rings. The minimum absolute atomic E-state index is 0.0600. The molecule has 7 heteroatoms. The Bertz CT molecular complexity index is 920. The first-order valence-corrected chi connectivity index (χ1v) is 11.6. The zero-order valence-corrected chi connectivity index (χ0v) is 19.7. The predicted octanol–water partition coefficient (Wildman–Crippen LogP) is 3.42. The SMILES string of the molecule is CCC1CCN(COC(CNC(=N)C(=N)N)Cc2cccc3c(N(C)C)cccc23)CC1. The maximum atomic E-state index is 7.86. The van der Waals surface area contributed by atoms with E-state index in [2.05, 4.69) is 72.5 Å². The highest BCUT2D eigenvalue weighted by atomic mass is 16.5. The summed E-state index contributed by atoms with van der Waals surface area (Å²) in [5, 5.41) is 20.7. The van der Waals surface area contributed by atoms with Crippen molar-refractivity contribution in [1.29, 1.82) is 10.8 Å². The summed E-state index contributed by atoms with van der Waals surface area (Å²) in [7, 11) is 4.12. The van der Waals surface area contributed by atoms with Crippen LogP contribution >= 0.6 is 0 Å². The largest absolute Gasteiger partial charge is 0.381 e. The molecular formula is C25H38N6O. The van der Waals surface area contributed by atoms with Crippen LogP contribution in [0.2, 0.25) is 0 Å². The molecule has 0 bridgehead atoms. The van der Waals surface area contributed by atoms with Gasteiger partial charge in [0.05, 0.1) is 12.8 Å². The van der Waals surface area contributed by atoms with Gasteiger partial charge in [0.2, 0.25) is 0 Å². The highest BCUT2D eigenvalue weighted by Gasteiger charge is 2.20. The van der Waals surface area contributed by atoms with Gasteiger partial charge >= 0.3 is 0 Å². The zero-order valence-electron chi connectivity index (χ0n) is 19.7. The van der Waals surface area contributed by atoms with Crippen molar-refractivity contribution in [3.8, 4) is 0 Å². The number of rotatable bonds is 9. The lowest BCUT2D eigenvalue weighted by Gasteiger charge is -2.32. The summed E-state index contributed by atoms with van der Waals surface area (Å²) >= 11 is 0. The van der Waals surface area contributed by atoms with E-state index in [4.69, 9.17) is 21.3 Å². The van der Waals surface area contributed by atoms with Gasteiger partial charge in [-0.15, -0.1) is 0 Å². The fraction of sp³-hybridized carbons (Fsp3) is 0.520. The first-order chi connectivity index (χ1) is 15.4. The van der Waals surface area contributed by atoms with E-state index in [9.17, 15) is 0 Å². The number of hydrogen-bond donors (Lipinski definition) is 4. The van der Waals surface area contributed by atoms with Gasteiger partial charge in [0.25, 0.3) is 0 Å². The Morgan fingerprint density at radius 2 is 1.84 bits per heavy atom. The molecule has 7 nitrogen and oxygen atoms in total. The van der Waals surface area contributed by atoms with Crippen LogP contribution in [0.15, 0.2) is 36.4 Å². The average molecular weight is 439 g/mol. The van der Waals surface area contributed by atoms with Crippen LogP contribution in [-0.2, 0) is 11.2 Å². The van der Waals surface area contributed by atoms with Crippen molar-refractivity contribution in [3.05, 3.63) is 42.0 Å². The van der Waals surface area contributed by atoms with Crippen LogP contribution in [0.25, 0.3) is 10.8 Å². The van der Waals surface area contributed by atoms with E-state index in [1.807, 2.05) is 0 Å². The molecule has 0 saturated carbocycles. The van der Waals surface area contributed by atoms with Crippen molar-refractivity contribution in [3.63, 3.8) is 0 Å². The highest BCUT2D eigenvalue weighted by molar-refractivity contribution is 6.37. The highest BCUT2D eigenvalue weighted by Crippen LogP contribution is 2.29. The molecule has 174 valence electrons. The van der Waals surface area contributed by atoms with E-state index < -0.39 is 0 Å². The van der Waals surface area contributed by atoms with Gasteiger partial charge in [-0.3, -0.25) is 15.7 Å². The van der Waals surface area contributed by atoms with Gasteiger partial charge in [-0.25, -0.2) is 0 Å². The van der Waals surface area contributed by atoms with Crippen molar-refractivity contribution >= 4 is 28.1 Å². The standard InChI is InChI=1S/C25H38N6O/c1-4-18-11-13-31(14-12-18)17-32-20(16-29-25(28)24(26)27)15-19-7-5-9-22-21(19)8-6-10-23(22)30(2)3/h5-10,18,20H,4,11-17H2,1-3H3,(H3,26,27)(H2,28,29). The van der Waals surface area contributed by atoms with Gasteiger partial charge < -0.3 is 20.7 Å². The summed E-state index contributed by atoms with van der Waals surface area (Å²) in [5.74, 6) is 0.516. The molecule has 1 unspecified atom stereocenters. The lowest BCUT2D eigenvalue weighted by atomic mass is 9.95. The molecule has 2 aromatic carbocycles. The molecule has 1 aliphatic rings. The minimum Gasteiger partial charge on any atom is -0.381 e. The molecule has 1 atom stereocenters. The molecule has 1 aliphatic heterocycles. The van der Waals surface area contributed by atoms with Crippen LogP contribution in [0.1, 0.15) is 31.7 Å². The molecule has 32 heavy (non-hydrogen) atoms. The second-order valence-electron chi connectivity index (χ2n) is 8.94. The van der Waals surface area contributed by atoms with E-state index in [1.165, 1.54) is 41.3 Å². The fourth-order valence-electron chi connectivity index (χ4n) is 4.41. The monoisotopic (exact) mass is 438 g/mol. The van der Waals surface area contributed by atoms with Crippen molar-refractivity contribution in [2.24, 2.45) is 11.7 Å². The van der Waals surface area contributed by atoms with Crippen molar-refractivity contribution in [2.75, 3.05) is 45.4 Å². The second-order valence-corrected chi connectivity index (χ2v) is 8.94. The van der Waals surface area contributed by atoms with Crippen molar-refractivity contribution in [1.82, 2.24) is 10.2 Å². The number of hydrogen-bond acceptors (Lipinski definition) is 5. The molecule has 0 radical (unpaired) electrons. The topological polar surface area (TPSA) is 101 Å². The third kappa shape index (κ3) is 6.20. The molecule has 0 aromatic heterocycles. The van der Waals surface area contributed by atoms with Crippen molar-refractivity contribution in [2.45, 2.75) is 38.7 Å². The number of nitrogens with two attached hydrogens (primary N) is 1. The van der Waals surface area contributed by atoms with Crippen LogP contribution in [0.4, 0.5) is 5.69 Å². The number of piperidine rings is 1. The number of likely N-dealkylation sites (tertiary alicyclic amines) is 1. The first kappa shape index (κ1) is 24.0. The first-order valence-electron chi connectivity index (χ1n) is 11.6. The summed E-state index contributed by atoms with van der Waals surface area (Å²) in [4.78, 5) is 4.51. The number of ether oxygens (including phenoxy) is 1. The van der Waals surface area contributed by atoms with Gasteiger partial charge in [0, 0.05) is 51.2 Å². The summed E-state index contributed by atoms with van der Waals surface area (Å²) in [5.41, 5.74) is 7.86.